The Morgan fingerprint density at radius 1 is 1.30 bits per heavy atom. The van der Waals surface area contributed by atoms with E-state index in [4.69, 9.17) is 21.2 Å². The summed E-state index contributed by atoms with van der Waals surface area (Å²) in [5.74, 6) is 0.612. The number of hydrogen-bond acceptors (Lipinski definition) is 7. The number of β-amino-alcohol motifs (C(OH)–C–C–N with tert-alkyl or cyclic N) is 1. The maximum absolute atomic E-state index is 10.3. The zero-order valence-corrected chi connectivity index (χ0v) is 19.0. The molecule has 7 nitrogen and oxygen atoms in total. The molecule has 1 aromatic heterocycles. The fourth-order valence-corrected chi connectivity index (χ4v) is 4.67. The first-order valence-corrected chi connectivity index (χ1v) is 11.4. The number of oxime groups is 1. The number of aliphatic hydroxyl groups is 1. The van der Waals surface area contributed by atoms with Gasteiger partial charge in [-0.1, -0.05) is 29.2 Å². The summed E-state index contributed by atoms with van der Waals surface area (Å²) in [7, 11) is 1.62. The van der Waals surface area contributed by atoms with E-state index in [-0.39, 0.29) is 12.0 Å². The molecule has 30 heavy (non-hydrogen) atoms. The van der Waals surface area contributed by atoms with Crippen LogP contribution in [0.25, 0.3) is 0 Å². The molecule has 0 saturated carbocycles. The summed E-state index contributed by atoms with van der Waals surface area (Å²) >= 11 is 6.71. The van der Waals surface area contributed by atoms with Gasteiger partial charge in [0.25, 0.3) is 0 Å². The Bertz CT molecular complexity index is 704. The summed E-state index contributed by atoms with van der Waals surface area (Å²) in [5.41, 5.74) is 1.79. The Morgan fingerprint density at radius 3 is 2.70 bits per heavy atom. The average molecular weight is 439 g/mol. The van der Waals surface area contributed by atoms with E-state index in [0.29, 0.717) is 17.6 Å². The summed E-state index contributed by atoms with van der Waals surface area (Å²) in [6.07, 6.45) is 5.62. The predicted molar refractivity (Wildman–Crippen MR) is 119 cm³/mol. The molecule has 2 aliphatic rings. The van der Waals surface area contributed by atoms with E-state index in [0.717, 1.165) is 56.7 Å². The smallest absolute Gasteiger partial charge is 0.213 e. The van der Waals surface area contributed by atoms with Gasteiger partial charge in [0.2, 0.25) is 5.88 Å². The minimum Gasteiger partial charge on any atom is -0.481 e. The van der Waals surface area contributed by atoms with E-state index in [1.807, 2.05) is 13.0 Å². The number of pyridine rings is 1. The molecule has 168 valence electrons. The second-order valence-electron chi connectivity index (χ2n) is 8.50. The molecule has 0 aromatic carbocycles. The Labute approximate surface area is 184 Å². The monoisotopic (exact) mass is 438 g/mol. The number of aliphatic hydroxyl groups excluding tert-OH is 1. The zero-order chi connectivity index (χ0) is 21.4. The third kappa shape index (κ3) is 6.30. The highest BCUT2D eigenvalue weighted by Crippen LogP contribution is 2.37. The fraction of sp³-hybridized carbons (Fsp3) is 0.727. The van der Waals surface area contributed by atoms with Gasteiger partial charge in [-0.15, -0.1) is 0 Å². The Balaban J connectivity index is 1.62. The number of halogens is 1. The van der Waals surface area contributed by atoms with Crippen molar-refractivity contribution in [2.75, 3.05) is 46.4 Å². The Hall–Kier alpha value is -1.41. The number of ether oxygens (including phenoxy) is 1. The fourth-order valence-electron chi connectivity index (χ4n) is 4.36. The van der Waals surface area contributed by atoms with Gasteiger partial charge in [-0.05, 0) is 70.8 Å². The molecule has 2 fully saturated rings. The summed E-state index contributed by atoms with van der Waals surface area (Å²) in [4.78, 5) is 12.3. The van der Waals surface area contributed by atoms with Crippen LogP contribution in [0.4, 0.5) is 0 Å². The SMILES string of the molecule is COc1ccc(CC2(C(Cl)=NOCC(O)CN3CCCCC3)CCNCC2)c(C)n1. The summed E-state index contributed by atoms with van der Waals surface area (Å²) in [6.45, 7) is 6.63. The zero-order valence-electron chi connectivity index (χ0n) is 18.2. The Kier molecular flexibility index (Phi) is 8.74. The number of rotatable bonds is 9. The van der Waals surface area contributed by atoms with E-state index in [1.54, 1.807) is 7.11 Å². The highest BCUT2D eigenvalue weighted by atomic mass is 35.5. The van der Waals surface area contributed by atoms with Gasteiger partial charge in [-0.3, -0.25) is 0 Å². The highest BCUT2D eigenvalue weighted by molar-refractivity contribution is 6.66. The van der Waals surface area contributed by atoms with Crippen LogP contribution in [0.1, 0.15) is 43.4 Å². The van der Waals surface area contributed by atoms with Gasteiger partial charge >= 0.3 is 0 Å². The lowest BCUT2D eigenvalue weighted by molar-refractivity contribution is 0.0149. The third-order valence-corrected chi connectivity index (χ3v) is 6.71. The molecular formula is C22H35ClN4O3. The molecule has 8 heteroatoms. The lowest BCUT2D eigenvalue weighted by Crippen LogP contribution is -2.42. The standard InChI is InChI=1S/C22H35ClN4O3/c1-17-18(6-7-20(25-17)29-2)14-22(8-10-24-11-9-22)21(23)26-30-16-19(28)15-27-12-4-3-5-13-27/h6-7,19,24,28H,3-5,8-16H2,1-2H3. The van der Waals surface area contributed by atoms with Crippen LogP contribution >= 0.6 is 11.6 Å². The van der Waals surface area contributed by atoms with Crippen molar-refractivity contribution in [1.82, 2.24) is 15.2 Å². The molecule has 1 atom stereocenters. The van der Waals surface area contributed by atoms with Crippen LogP contribution in [0, 0.1) is 12.3 Å². The van der Waals surface area contributed by atoms with Crippen LogP contribution in [0.2, 0.25) is 0 Å². The maximum atomic E-state index is 10.3. The lowest BCUT2D eigenvalue weighted by Gasteiger charge is -2.36. The number of piperidine rings is 2. The normalized spacial score (nSPS) is 21.3. The van der Waals surface area contributed by atoms with Crippen molar-refractivity contribution in [2.24, 2.45) is 10.6 Å². The summed E-state index contributed by atoms with van der Waals surface area (Å²) in [6, 6.07) is 3.94. The van der Waals surface area contributed by atoms with Gasteiger partial charge in [-0.2, -0.15) is 0 Å². The van der Waals surface area contributed by atoms with Gasteiger partial charge < -0.3 is 24.9 Å². The molecule has 3 rings (SSSR count). The molecule has 0 amide bonds. The van der Waals surface area contributed by atoms with Crippen molar-refractivity contribution in [1.29, 1.82) is 0 Å². The number of hydrogen-bond donors (Lipinski definition) is 2. The number of aryl methyl sites for hydroxylation is 1. The summed E-state index contributed by atoms with van der Waals surface area (Å²) < 4.78 is 5.22. The highest BCUT2D eigenvalue weighted by Gasteiger charge is 2.38. The van der Waals surface area contributed by atoms with Crippen LogP contribution < -0.4 is 10.1 Å². The van der Waals surface area contributed by atoms with Crippen molar-refractivity contribution in [2.45, 2.75) is 51.6 Å². The molecule has 2 aliphatic heterocycles. The second kappa shape index (κ2) is 11.3. The topological polar surface area (TPSA) is 79.2 Å². The largest absolute Gasteiger partial charge is 0.481 e. The molecule has 0 bridgehead atoms. The van der Waals surface area contributed by atoms with Crippen LogP contribution in [0.5, 0.6) is 5.88 Å². The summed E-state index contributed by atoms with van der Waals surface area (Å²) in [5, 5.41) is 18.4. The molecule has 0 spiro atoms. The van der Waals surface area contributed by atoms with Crippen LogP contribution in [-0.2, 0) is 11.3 Å². The molecule has 0 aliphatic carbocycles. The average Bonchev–Trinajstić information content (AvgIpc) is 2.76. The predicted octanol–water partition coefficient (Wildman–Crippen LogP) is 2.73. The lowest BCUT2D eigenvalue weighted by atomic mass is 9.75. The van der Waals surface area contributed by atoms with E-state index in [1.165, 1.54) is 19.3 Å². The van der Waals surface area contributed by atoms with Gasteiger partial charge in [0.15, 0.2) is 5.17 Å². The van der Waals surface area contributed by atoms with Crippen molar-refractivity contribution >= 4 is 16.8 Å². The quantitative estimate of drug-likeness (QED) is 0.456. The first-order valence-electron chi connectivity index (χ1n) is 11.0. The van der Waals surface area contributed by atoms with Crippen LogP contribution in [0.3, 0.4) is 0 Å². The minimum atomic E-state index is -0.562. The molecule has 2 saturated heterocycles. The third-order valence-electron chi connectivity index (χ3n) is 6.24. The van der Waals surface area contributed by atoms with Crippen molar-refractivity contribution in [3.63, 3.8) is 0 Å². The van der Waals surface area contributed by atoms with E-state index < -0.39 is 6.10 Å². The van der Waals surface area contributed by atoms with Gasteiger partial charge in [0.05, 0.1) is 7.11 Å². The van der Waals surface area contributed by atoms with Crippen LogP contribution in [0.15, 0.2) is 17.3 Å². The van der Waals surface area contributed by atoms with Crippen molar-refractivity contribution < 1.29 is 14.7 Å². The van der Waals surface area contributed by atoms with E-state index >= 15 is 0 Å². The van der Waals surface area contributed by atoms with Crippen molar-refractivity contribution in [3.05, 3.63) is 23.4 Å². The first kappa shape index (κ1) is 23.3. The molecule has 1 unspecified atom stereocenters. The van der Waals surface area contributed by atoms with Crippen LogP contribution in [-0.4, -0.2) is 72.7 Å². The maximum Gasteiger partial charge on any atom is 0.213 e. The second-order valence-corrected chi connectivity index (χ2v) is 8.86. The number of likely N-dealkylation sites (tertiary alicyclic amines) is 1. The van der Waals surface area contributed by atoms with Gasteiger partial charge in [-0.25, -0.2) is 4.98 Å². The van der Waals surface area contributed by atoms with Gasteiger partial charge in [0.1, 0.15) is 12.7 Å². The molecule has 0 radical (unpaired) electrons. The molecule has 2 N–H and O–H groups in total. The van der Waals surface area contributed by atoms with Crippen molar-refractivity contribution in [3.8, 4) is 5.88 Å². The number of nitrogens with one attached hydrogen (secondary N) is 1. The minimum absolute atomic E-state index is 0.157. The van der Waals surface area contributed by atoms with E-state index in [2.05, 4.69) is 26.4 Å². The molecular weight excluding hydrogens is 404 g/mol. The number of methoxy groups -OCH3 is 1. The van der Waals surface area contributed by atoms with Gasteiger partial charge in [0, 0.05) is 23.7 Å². The molecule has 1 aromatic rings. The first-order chi connectivity index (χ1) is 14.5. The Morgan fingerprint density at radius 2 is 2.03 bits per heavy atom. The van der Waals surface area contributed by atoms with E-state index in [9.17, 15) is 5.11 Å². The number of nitrogens with zero attached hydrogens (tertiary/aromatic N) is 3. The number of aromatic nitrogens is 1. The molecule has 3 heterocycles.